The van der Waals surface area contributed by atoms with Crippen LogP contribution in [0.25, 0.3) is 10.2 Å². The van der Waals surface area contributed by atoms with Gasteiger partial charge in [-0.25, -0.2) is 9.78 Å². The molecule has 0 fully saturated rings. The van der Waals surface area contributed by atoms with E-state index in [-0.39, 0.29) is 5.97 Å². The SMILES string of the molecule is CCCCOC(=O)c1ccc2nc(NCCC)sc2c1. The summed E-state index contributed by atoms with van der Waals surface area (Å²) in [4.78, 5) is 16.4. The Morgan fingerprint density at radius 2 is 2.20 bits per heavy atom. The molecule has 0 radical (unpaired) electrons. The molecule has 0 aliphatic carbocycles. The van der Waals surface area contributed by atoms with Crippen LogP contribution in [0.15, 0.2) is 18.2 Å². The number of nitrogens with zero attached hydrogens (tertiary/aromatic N) is 1. The number of unbranched alkanes of at least 4 members (excludes halogenated alkanes) is 1. The van der Waals surface area contributed by atoms with Gasteiger partial charge in [-0.15, -0.1) is 0 Å². The van der Waals surface area contributed by atoms with Crippen molar-refractivity contribution >= 4 is 32.7 Å². The number of carbonyl (C=O) groups is 1. The number of ether oxygens (including phenoxy) is 1. The Bertz CT molecular complexity index is 580. The van der Waals surface area contributed by atoms with E-state index >= 15 is 0 Å². The quantitative estimate of drug-likeness (QED) is 0.617. The van der Waals surface area contributed by atoms with Gasteiger partial charge in [-0.1, -0.05) is 31.6 Å². The topological polar surface area (TPSA) is 51.2 Å². The maximum absolute atomic E-state index is 11.9. The van der Waals surface area contributed by atoms with Gasteiger partial charge in [0.2, 0.25) is 0 Å². The Kier molecular flexibility index (Phi) is 5.35. The fourth-order valence-corrected chi connectivity index (χ4v) is 2.68. The van der Waals surface area contributed by atoms with E-state index in [1.807, 2.05) is 12.1 Å². The number of thiazole rings is 1. The van der Waals surface area contributed by atoms with Gasteiger partial charge in [0.25, 0.3) is 0 Å². The predicted octanol–water partition coefficient (Wildman–Crippen LogP) is 4.08. The van der Waals surface area contributed by atoms with Gasteiger partial charge in [0.1, 0.15) is 0 Å². The van der Waals surface area contributed by atoms with Crippen molar-refractivity contribution in [2.24, 2.45) is 0 Å². The minimum Gasteiger partial charge on any atom is -0.462 e. The number of rotatable bonds is 7. The maximum Gasteiger partial charge on any atom is 0.338 e. The highest BCUT2D eigenvalue weighted by molar-refractivity contribution is 7.22. The molecule has 0 spiro atoms. The lowest BCUT2D eigenvalue weighted by atomic mass is 10.2. The first kappa shape index (κ1) is 14.8. The van der Waals surface area contributed by atoms with Crippen LogP contribution in [0.3, 0.4) is 0 Å². The lowest BCUT2D eigenvalue weighted by Crippen LogP contribution is -2.05. The Balaban J connectivity index is 2.09. The first-order valence-corrected chi connectivity index (χ1v) is 7.87. The number of fused-ring (bicyclic) bond motifs is 1. The van der Waals surface area contributed by atoms with Crippen molar-refractivity contribution in [3.05, 3.63) is 23.8 Å². The summed E-state index contributed by atoms with van der Waals surface area (Å²) in [6.07, 6.45) is 2.98. The molecule has 1 aromatic carbocycles. The van der Waals surface area contributed by atoms with Crippen LogP contribution in [-0.2, 0) is 4.74 Å². The van der Waals surface area contributed by atoms with Gasteiger partial charge in [-0.2, -0.15) is 0 Å². The summed E-state index contributed by atoms with van der Waals surface area (Å²) in [5.41, 5.74) is 1.51. The van der Waals surface area contributed by atoms with Crippen LogP contribution in [-0.4, -0.2) is 24.1 Å². The molecule has 2 aromatic rings. The summed E-state index contributed by atoms with van der Waals surface area (Å²) in [7, 11) is 0. The van der Waals surface area contributed by atoms with Gasteiger partial charge in [0.05, 0.1) is 22.4 Å². The number of esters is 1. The molecule has 0 aliphatic rings. The zero-order valence-electron chi connectivity index (χ0n) is 11.9. The molecule has 0 aliphatic heterocycles. The van der Waals surface area contributed by atoms with Gasteiger partial charge in [0.15, 0.2) is 5.13 Å². The number of aromatic nitrogens is 1. The highest BCUT2D eigenvalue weighted by atomic mass is 32.1. The molecule has 0 atom stereocenters. The van der Waals surface area contributed by atoms with Crippen molar-refractivity contribution in [2.75, 3.05) is 18.5 Å². The Morgan fingerprint density at radius 3 is 2.95 bits per heavy atom. The second-order valence-corrected chi connectivity index (χ2v) is 5.65. The molecule has 5 heteroatoms. The van der Waals surface area contributed by atoms with Crippen molar-refractivity contribution < 1.29 is 9.53 Å². The second-order valence-electron chi connectivity index (χ2n) is 4.62. The van der Waals surface area contributed by atoms with E-state index in [2.05, 4.69) is 24.1 Å². The van der Waals surface area contributed by atoms with Crippen LogP contribution in [0.4, 0.5) is 5.13 Å². The van der Waals surface area contributed by atoms with E-state index in [4.69, 9.17) is 4.74 Å². The van der Waals surface area contributed by atoms with E-state index in [0.29, 0.717) is 12.2 Å². The summed E-state index contributed by atoms with van der Waals surface area (Å²) < 4.78 is 6.23. The van der Waals surface area contributed by atoms with Crippen molar-refractivity contribution in [2.45, 2.75) is 33.1 Å². The van der Waals surface area contributed by atoms with Gasteiger partial charge in [-0.05, 0) is 31.0 Å². The zero-order chi connectivity index (χ0) is 14.4. The molecule has 0 bridgehead atoms. The summed E-state index contributed by atoms with van der Waals surface area (Å²) in [5.74, 6) is -0.253. The van der Waals surface area contributed by atoms with Gasteiger partial charge in [0, 0.05) is 6.54 Å². The molecule has 0 saturated carbocycles. The molecule has 1 N–H and O–H groups in total. The zero-order valence-corrected chi connectivity index (χ0v) is 12.8. The molecule has 20 heavy (non-hydrogen) atoms. The summed E-state index contributed by atoms with van der Waals surface area (Å²) in [5, 5.41) is 4.17. The largest absolute Gasteiger partial charge is 0.462 e. The fraction of sp³-hybridized carbons (Fsp3) is 0.467. The predicted molar refractivity (Wildman–Crippen MR) is 83.6 cm³/mol. The Morgan fingerprint density at radius 1 is 1.35 bits per heavy atom. The minimum atomic E-state index is -0.253. The molecule has 2 rings (SSSR count). The van der Waals surface area contributed by atoms with Crippen LogP contribution >= 0.6 is 11.3 Å². The molecule has 0 saturated heterocycles. The van der Waals surface area contributed by atoms with Crippen molar-refractivity contribution in [3.63, 3.8) is 0 Å². The Hall–Kier alpha value is -1.62. The average molecular weight is 292 g/mol. The molecule has 1 heterocycles. The normalized spacial score (nSPS) is 10.7. The monoisotopic (exact) mass is 292 g/mol. The molecule has 4 nitrogen and oxygen atoms in total. The minimum absolute atomic E-state index is 0.253. The highest BCUT2D eigenvalue weighted by Crippen LogP contribution is 2.27. The molecule has 108 valence electrons. The van der Waals surface area contributed by atoms with Gasteiger partial charge >= 0.3 is 5.97 Å². The first-order chi connectivity index (χ1) is 9.74. The number of anilines is 1. The standard InChI is InChI=1S/C15H20N2O2S/c1-3-5-9-19-14(18)11-6-7-12-13(10-11)20-15(17-12)16-8-4-2/h6-7,10H,3-5,8-9H2,1-2H3,(H,16,17). The first-order valence-electron chi connectivity index (χ1n) is 7.06. The number of hydrogen-bond acceptors (Lipinski definition) is 5. The van der Waals surface area contributed by atoms with Crippen molar-refractivity contribution in [1.29, 1.82) is 0 Å². The number of nitrogens with one attached hydrogen (secondary N) is 1. The van der Waals surface area contributed by atoms with Crippen LogP contribution in [0.5, 0.6) is 0 Å². The summed E-state index contributed by atoms with van der Waals surface area (Å²) in [6.45, 7) is 5.58. The number of benzene rings is 1. The molecule has 0 unspecified atom stereocenters. The molecule has 0 amide bonds. The smallest absolute Gasteiger partial charge is 0.338 e. The lowest BCUT2D eigenvalue weighted by Gasteiger charge is -2.03. The maximum atomic E-state index is 11.9. The van der Waals surface area contributed by atoms with Gasteiger partial charge < -0.3 is 10.1 Å². The summed E-state index contributed by atoms with van der Waals surface area (Å²) >= 11 is 1.57. The van der Waals surface area contributed by atoms with Crippen molar-refractivity contribution in [3.8, 4) is 0 Å². The Labute approximate surface area is 123 Å². The highest BCUT2D eigenvalue weighted by Gasteiger charge is 2.10. The van der Waals surface area contributed by atoms with E-state index < -0.39 is 0 Å². The van der Waals surface area contributed by atoms with Gasteiger partial charge in [-0.3, -0.25) is 0 Å². The number of hydrogen-bond donors (Lipinski definition) is 1. The molecular weight excluding hydrogens is 272 g/mol. The van der Waals surface area contributed by atoms with E-state index in [9.17, 15) is 4.79 Å². The van der Waals surface area contributed by atoms with Crippen LogP contribution in [0.1, 0.15) is 43.5 Å². The molecular formula is C15H20N2O2S. The number of carbonyl (C=O) groups excluding carboxylic acids is 1. The third kappa shape index (κ3) is 3.70. The second kappa shape index (κ2) is 7.24. The van der Waals surface area contributed by atoms with E-state index in [1.54, 1.807) is 17.4 Å². The van der Waals surface area contributed by atoms with Crippen molar-refractivity contribution in [1.82, 2.24) is 4.98 Å². The fourth-order valence-electron chi connectivity index (χ4n) is 1.75. The third-order valence-corrected chi connectivity index (χ3v) is 3.86. The van der Waals surface area contributed by atoms with Crippen LogP contribution in [0.2, 0.25) is 0 Å². The van der Waals surface area contributed by atoms with Crippen LogP contribution < -0.4 is 5.32 Å². The molecule has 1 aromatic heterocycles. The third-order valence-electron chi connectivity index (χ3n) is 2.88. The lowest BCUT2D eigenvalue weighted by molar-refractivity contribution is 0.0500. The van der Waals surface area contributed by atoms with Crippen LogP contribution in [0, 0.1) is 0 Å². The van der Waals surface area contributed by atoms with E-state index in [1.165, 1.54) is 0 Å². The summed E-state index contributed by atoms with van der Waals surface area (Å²) in [6, 6.07) is 5.51. The average Bonchev–Trinajstić information content (AvgIpc) is 2.87. The van der Waals surface area contributed by atoms with E-state index in [0.717, 1.165) is 41.2 Å².